The molecule has 66 valence electrons. The highest BCUT2D eigenvalue weighted by molar-refractivity contribution is 5.20. The molecule has 1 saturated carbocycles. The predicted octanol–water partition coefficient (Wildman–Crippen LogP) is 1.81. The zero-order valence-corrected chi connectivity index (χ0v) is 6.79. The first-order valence-electron chi connectivity index (χ1n) is 4.19. The fourth-order valence-electron chi connectivity index (χ4n) is 1.56. The van der Waals surface area contributed by atoms with E-state index in [9.17, 15) is 4.39 Å². The molecule has 1 aromatic rings. The van der Waals surface area contributed by atoms with Gasteiger partial charge in [-0.3, -0.25) is 0 Å². The summed E-state index contributed by atoms with van der Waals surface area (Å²) in [6.45, 7) is 0.0528. The van der Waals surface area contributed by atoms with Gasteiger partial charge in [0.1, 0.15) is 0 Å². The minimum atomic E-state index is -1.34. The maximum atomic E-state index is 14.1. The second-order valence-corrected chi connectivity index (χ2v) is 3.35. The average Bonchev–Trinajstić information content (AvgIpc) is 2.80. The molecule has 1 aliphatic rings. The third kappa shape index (κ3) is 1.05. The van der Waals surface area contributed by atoms with Crippen molar-refractivity contribution in [2.75, 3.05) is 6.54 Å². The van der Waals surface area contributed by atoms with E-state index >= 15 is 0 Å². The van der Waals surface area contributed by atoms with Crippen molar-refractivity contribution >= 4 is 0 Å². The van der Waals surface area contributed by atoms with Gasteiger partial charge in [-0.25, -0.2) is 4.39 Å². The van der Waals surface area contributed by atoms with E-state index in [1.807, 2.05) is 0 Å². The molecule has 1 aliphatic carbocycles. The van der Waals surface area contributed by atoms with Crippen LogP contribution >= 0.6 is 0 Å². The molecule has 1 atom stereocenters. The Labute approximate surface area is 70.6 Å². The van der Waals surface area contributed by atoms with Crippen LogP contribution in [0.2, 0.25) is 0 Å². The van der Waals surface area contributed by atoms with E-state index in [-0.39, 0.29) is 12.5 Å². The lowest BCUT2D eigenvalue weighted by atomic mass is 9.93. The number of hydrogen-bond acceptors (Lipinski definition) is 2. The quantitative estimate of drug-likeness (QED) is 0.749. The van der Waals surface area contributed by atoms with Gasteiger partial charge in [0.05, 0.1) is 12.5 Å². The fourth-order valence-corrected chi connectivity index (χ4v) is 1.56. The predicted molar refractivity (Wildman–Crippen MR) is 43.3 cm³/mol. The SMILES string of the molecule is NCC(F)(c1ccoc1)C1CC1. The lowest BCUT2D eigenvalue weighted by Crippen LogP contribution is -2.32. The number of hydrogen-bond donors (Lipinski definition) is 1. The van der Waals surface area contributed by atoms with Crippen molar-refractivity contribution < 1.29 is 8.81 Å². The van der Waals surface area contributed by atoms with Crippen molar-refractivity contribution in [2.45, 2.75) is 18.5 Å². The first-order valence-corrected chi connectivity index (χ1v) is 4.19. The van der Waals surface area contributed by atoms with Gasteiger partial charge in [-0.05, 0) is 24.8 Å². The summed E-state index contributed by atoms with van der Waals surface area (Å²) in [5.74, 6) is 0.111. The van der Waals surface area contributed by atoms with E-state index in [0.29, 0.717) is 5.56 Å². The van der Waals surface area contributed by atoms with Crippen LogP contribution in [-0.2, 0) is 5.67 Å². The molecule has 2 nitrogen and oxygen atoms in total. The van der Waals surface area contributed by atoms with Gasteiger partial charge in [-0.2, -0.15) is 0 Å². The smallest absolute Gasteiger partial charge is 0.154 e. The Kier molecular flexibility index (Phi) is 1.68. The van der Waals surface area contributed by atoms with Crippen molar-refractivity contribution in [2.24, 2.45) is 11.7 Å². The molecule has 1 aromatic heterocycles. The first-order chi connectivity index (χ1) is 5.77. The molecule has 0 saturated heterocycles. The molecule has 1 heterocycles. The van der Waals surface area contributed by atoms with Gasteiger partial charge < -0.3 is 10.2 Å². The van der Waals surface area contributed by atoms with Crippen molar-refractivity contribution in [1.82, 2.24) is 0 Å². The van der Waals surface area contributed by atoms with Gasteiger partial charge in [-0.15, -0.1) is 0 Å². The Morgan fingerprint density at radius 2 is 2.42 bits per heavy atom. The summed E-state index contributed by atoms with van der Waals surface area (Å²) in [6, 6.07) is 1.66. The standard InChI is InChI=1S/C9H12FNO/c10-9(6-11,7-1-2-7)8-3-4-12-5-8/h3-5,7H,1-2,6,11H2. The molecular formula is C9H12FNO. The van der Waals surface area contributed by atoms with Gasteiger partial charge >= 0.3 is 0 Å². The lowest BCUT2D eigenvalue weighted by molar-refractivity contribution is 0.142. The zero-order chi connectivity index (χ0) is 8.60. The van der Waals surface area contributed by atoms with Crippen LogP contribution in [0.3, 0.4) is 0 Å². The van der Waals surface area contributed by atoms with Crippen LogP contribution < -0.4 is 5.73 Å². The Bertz CT molecular complexity index is 256. The monoisotopic (exact) mass is 169 g/mol. The first kappa shape index (κ1) is 7.80. The van der Waals surface area contributed by atoms with Gasteiger partial charge in [0.15, 0.2) is 5.67 Å². The average molecular weight is 169 g/mol. The molecule has 1 fully saturated rings. The second kappa shape index (κ2) is 2.59. The topological polar surface area (TPSA) is 39.2 Å². The molecule has 2 rings (SSSR count). The molecule has 0 radical (unpaired) electrons. The van der Waals surface area contributed by atoms with E-state index in [1.54, 1.807) is 6.07 Å². The molecule has 12 heavy (non-hydrogen) atoms. The van der Waals surface area contributed by atoms with E-state index < -0.39 is 5.67 Å². The molecule has 0 spiro atoms. The molecule has 0 bridgehead atoms. The highest BCUT2D eigenvalue weighted by Gasteiger charge is 2.46. The Morgan fingerprint density at radius 1 is 1.67 bits per heavy atom. The van der Waals surface area contributed by atoms with Gasteiger partial charge in [0.2, 0.25) is 0 Å². The summed E-state index contributed by atoms with van der Waals surface area (Å²) in [5, 5.41) is 0. The van der Waals surface area contributed by atoms with Crippen molar-refractivity contribution in [3.63, 3.8) is 0 Å². The molecule has 1 unspecified atom stereocenters. The largest absolute Gasteiger partial charge is 0.472 e. The second-order valence-electron chi connectivity index (χ2n) is 3.35. The van der Waals surface area contributed by atoms with Gasteiger partial charge in [0.25, 0.3) is 0 Å². The molecule has 3 heteroatoms. The minimum Gasteiger partial charge on any atom is -0.472 e. The van der Waals surface area contributed by atoms with E-state index in [2.05, 4.69) is 0 Å². The minimum absolute atomic E-state index is 0.0528. The molecule has 0 aliphatic heterocycles. The fraction of sp³-hybridized carbons (Fsp3) is 0.556. The maximum Gasteiger partial charge on any atom is 0.154 e. The number of rotatable bonds is 3. The van der Waals surface area contributed by atoms with E-state index in [1.165, 1.54) is 12.5 Å². The van der Waals surface area contributed by atoms with Crippen LogP contribution in [0.15, 0.2) is 23.0 Å². The summed E-state index contributed by atoms with van der Waals surface area (Å²) in [4.78, 5) is 0. The molecule has 0 amide bonds. The summed E-state index contributed by atoms with van der Waals surface area (Å²) in [6.07, 6.45) is 4.82. The summed E-state index contributed by atoms with van der Waals surface area (Å²) >= 11 is 0. The Balaban J connectivity index is 2.27. The Morgan fingerprint density at radius 3 is 2.83 bits per heavy atom. The zero-order valence-electron chi connectivity index (χ0n) is 6.79. The third-order valence-corrected chi connectivity index (χ3v) is 2.52. The normalized spacial score (nSPS) is 22.2. The van der Waals surface area contributed by atoms with Crippen molar-refractivity contribution in [3.05, 3.63) is 24.2 Å². The van der Waals surface area contributed by atoms with Crippen molar-refractivity contribution in [3.8, 4) is 0 Å². The molecule has 2 N–H and O–H groups in total. The van der Waals surface area contributed by atoms with Crippen molar-refractivity contribution in [1.29, 1.82) is 0 Å². The number of halogens is 1. The summed E-state index contributed by atoms with van der Waals surface area (Å²) in [5.41, 5.74) is 4.67. The number of furan rings is 1. The maximum absolute atomic E-state index is 14.1. The summed E-state index contributed by atoms with van der Waals surface area (Å²) in [7, 11) is 0. The van der Waals surface area contributed by atoms with Crippen LogP contribution in [0.25, 0.3) is 0 Å². The van der Waals surface area contributed by atoms with Crippen LogP contribution in [0.5, 0.6) is 0 Å². The highest BCUT2D eigenvalue weighted by Crippen LogP contribution is 2.47. The van der Waals surface area contributed by atoms with Gasteiger partial charge in [0, 0.05) is 12.1 Å². The van der Waals surface area contributed by atoms with E-state index in [4.69, 9.17) is 10.2 Å². The molecule has 0 aromatic carbocycles. The van der Waals surface area contributed by atoms with Crippen LogP contribution in [0.4, 0.5) is 4.39 Å². The van der Waals surface area contributed by atoms with Crippen LogP contribution in [0, 0.1) is 5.92 Å². The highest BCUT2D eigenvalue weighted by atomic mass is 19.1. The Hall–Kier alpha value is -0.830. The molecular weight excluding hydrogens is 157 g/mol. The third-order valence-electron chi connectivity index (χ3n) is 2.52. The summed E-state index contributed by atoms with van der Waals surface area (Å²) < 4.78 is 18.9. The van der Waals surface area contributed by atoms with E-state index in [0.717, 1.165) is 12.8 Å². The lowest BCUT2D eigenvalue weighted by Gasteiger charge is -2.21. The van der Waals surface area contributed by atoms with Crippen LogP contribution in [-0.4, -0.2) is 6.54 Å². The number of alkyl halides is 1. The van der Waals surface area contributed by atoms with Crippen LogP contribution in [0.1, 0.15) is 18.4 Å². The number of nitrogens with two attached hydrogens (primary N) is 1. The van der Waals surface area contributed by atoms with Gasteiger partial charge in [-0.1, -0.05) is 0 Å².